The normalized spacial score (nSPS) is 21.3. The van der Waals surface area contributed by atoms with Crippen LogP contribution in [0.3, 0.4) is 0 Å². The molecule has 1 aromatic heterocycles. The lowest BCUT2D eigenvalue weighted by Crippen LogP contribution is -2.39. The quantitative estimate of drug-likeness (QED) is 0.820. The molecule has 0 spiro atoms. The predicted octanol–water partition coefficient (Wildman–Crippen LogP) is 2.05. The monoisotopic (exact) mass is 253 g/mol. The van der Waals surface area contributed by atoms with E-state index in [0.717, 1.165) is 31.0 Å². The molecular weight excluding hydrogens is 238 g/mol. The molecule has 0 bridgehead atoms. The van der Waals surface area contributed by atoms with Gasteiger partial charge < -0.3 is 10.5 Å². The molecule has 0 aromatic carbocycles. The minimum Gasteiger partial charge on any atom is -0.493 e. The summed E-state index contributed by atoms with van der Waals surface area (Å²) in [6.07, 6.45) is 0.172. The second-order valence-electron chi connectivity index (χ2n) is 4.36. The summed E-state index contributed by atoms with van der Waals surface area (Å²) in [6, 6.07) is 3.68. The molecule has 2 rings (SSSR count). The van der Waals surface area contributed by atoms with Crippen LogP contribution in [0.2, 0.25) is 5.15 Å². The van der Waals surface area contributed by atoms with Gasteiger partial charge in [0.05, 0.1) is 6.54 Å². The first kappa shape index (κ1) is 12.2. The van der Waals surface area contributed by atoms with Crippen LogP contribution in [-0.4, -0.2) is 29.1 Å². The van der Waals surface area contributed by atoms with Gasteiger partial charge in [-0.15, -0.1) is 0 Å². The zero-order chi connectivity index (χ0) is 12.4. The molecule has 1 aliphatic rings. The fourth-order valence-electron chi connectivity index (χ4n) is 2.08. The van der Waals surface area contributed by atoms with E-state index in [1.165, 1.54) is 0 Å². The van der Waals surface area contributed by atoms with Crippen LogP contribution in [-0.2, 0) is 11.3 Å². The molecule has 1 aliphatic heterocycles. The van der Waals surface area contributed by atoms with Crippen molar-refractivity contribution in [1.82, 2.24) is 9.88 Å². The summed E-state index contributed by atoms with van der Waals surface area (Å²) in [5.74, 6) is 1.25. The van der Waals surface area contributed by atoms with E-state index in [2.05, 4.69) is 16.5 Å². The minimum absolute atomic E-state index is 0.172. The number of aromatic nitrogens is 1. The van der Waals surface area contributed by atoms with Crippen LogP contribution in [0.25, 0.3) is 0 Å². The summed E-state index contributed by atoms with van der Waals surface area (Å²) >= 11 is 5.87. The fourth-order valence-corrected chi connectivity index (χ4v) is 2.32. The molecule has 1 saturated heterocycles. The zero-order valence-electron chi connectivity index (χ0n) is 9.82. The van der Waals surface area contributed by atoms with Crippen molar-refractivity contribution in [2.45, 2.75) is 19.6 Å². The Morgan fingerprint density at radius 3 is 3.06 bits per heavy atom. The summed E-state index contributed by atoms with van der Waals surface area (Å²) in [5.41, 5.74) is 6.72. The van der Waals surface area contributed by atoms with Crippen molar-refractivity contribution < 1.29 is 4.74 Å². The minimum atomic E-state index is 0.172. The maximum absolute atomic E-state index is 5.87. The Balaban J connectivity index is 2.07. The third kappa shape index (κ3) is 3.35. The van der Waals surface area contributed by atoms with Gasteiger partial charge in [0.1, 0.15) is 22.8 Å². The van der Waals surface area contributed by atoms with Crippen molar-refractivity contribution in [3.8, 4) is 0 Å². The highest BCUT2D eigenvalue weighted by molar-refractivity contribution is 6.29. The smallest absolute Gasteiger partial charge is 0.131 e. The second kappa shape index (κ2) is 4.94. The lowest BCUT2D eigenvalue weighted by Gasteiger charge is -2.32. The van der Waals surface area contributed by atoms with Gasteiger partial charge in [0.25, 0.3) is 0 Å². The van der Waals surface area contributed by atoms with E-state index in [1.807, 2.05) is 19.1 Å². The predicted molar refractivity (Wildman–Crippen MR) is 68.6 cm³/mol. The number of rotatable bonds is 2. The molecule has 92 valence electrons. The molecule has 0 radical (unpaired) electrons. The standard InChI is InChI=1S/C12H16ClN3O/c1-8-5-16(6-9(2)17-8)7-10-3-11(13)15-12(14)4-10/h3-4,9H,1,5-7H2,2H3,(H2,14,15). The summed E-state index contributed by atoms with van der Waals surface area (Å²) in [7, 11) is 0. The maximum atomic E-state index is 5.87. The number of ether oxygens (including phenoxy) is 1. The van der Waals surface area contributed by atoms with Gasteiger partial charge in [-0.25, -0.2) is 4.98 Å². The molecule has 1 unspecified atom stereocenters. The summed E-state index contributed by atoms with van der Waals surface area (Å²) in [4.78, 5) is 6.19. The number of anilines is 1. The molecular formula is C12H16ClN3O. The van der Waals surface area contributed by atoms with Crippen LogP contribution >= 0.6 is 11.6 Å². The molecule has 4 nitrogen and oxygen atoms in total. The first-order chi connectivity index (χ1) is 8.02. The van der Waals surface area contributed by atoms with Crippen LogP contribution in [0.4, 0.5) is 5.82 Å². The maximum Gasteiger partial charge on any atom is 0.131 e. The molecule has 2 N–H and O–H groups in total. The zero-order valence-corrected chi connectivity index (χ0v) is 10.6. The second-order valence-corrected chi connectivity index (χ2v) is 4.75. The van der Waals surface area contributed by atoms with Crippen molar-refractivity contribution in [3.63, 3.8) is 0 Å². The van der Waals surface area contributed by atoms with Crippen molar-refractivity contribution in [1.29, 1.82) is 0 Å². The van der Waals surface area contributed by atoms with E-state index in [9.17, 15) is 0 Å². The lowest BCUT2D eigenvalue weighted by molar-refractivity contribution is 0.0308. The van der Waals surface area contributed by atoms with Gasteiger partial charge in [0.15, 0.2) is 0 Å². The van der Waals surface area contributed by atoms with Gasteiger partial charge in [0.2, 0.25) is 0 Å². The van der Waals surface area contributed by atoms with Gasteiger partial charge in [-0.2, -0.15) is 0 Å². The van der Waals surface area contributed by atoms with Crippen LogP contribution in [0.1, 0.15) is 12.5 Å². The summed E-state index contributed by atoms with van der Waals surface area (Å²) < 4.78 is 5.50. The average Bonchev–Trinajstić information content (AvgIpc) is 2.13. The number of nitrogens with two attached hydrogens (primary N) is 1. The van der Waals surface area contributed by atoms with Crippen molar-refractivity contribution >= 4 is 17.4 Å². The van der Waals surface area contributed by atoms with Crippen molar-refractivity contribution in [2.75, 3.05) is 18.8 Å². The number of hydrogen-bond acceptors (Lipinski definition) is 4. The lowest BCUT2D eigenvalue weighted by atomic mass is 10.2. The highest BCUT2D eigenvalue weighted by Crippen LogP contribution is 2.18. The van der Waals surface area contributed by atoms with E-state index < -0.39 is 0 Å². The van der Waals surface area contributed by atoms with Gasteiger partial charge in [-0.3, -0.25) is 4.90 Å². The molecule has 1 aromatic rings. The largest absolute Gasteiger partial charge is 0.493 e. The van der Waals surface area contributed by atoms with Crippen LogP contribution in [0, 0.1) is 0 Å². The Kier molecular flexibility index (Phi) is 3.54. The Morgan fingerprint density at radius 1 is 1.65 bits per heavy atom. The third-order valence-corrected chi connectivity index (χ3v) is 2.76. The molecule has 5 heteroatoms. The topological polar surface area (TPSA) is 51.4 Å². The van der Waals surface area contributed by atoms with E-state index in [4.69, 9.17) is 22.1 Å². The van der Waals surface area contributed by atoms with E-state index in [1.54, 1.807) is 0 Å². The fraction of sp³-hybridized carbons (Fsp3) is 0.417. The molecule has 2 heterocycles. The Labute approximate surface area is 106 Å². The molecule has 0 aliphatic carbocycles. The molecule has 17 heavy (non-hydrogen) atoms. The Hall–Kier alpha value is -1.26. The Morgan fingerprint density at radius 2 is 2.41 bits per heavy atom. The van der Waals surface area contributed by atoms with Gasteiger partial charge in [-0.05, 0) is 24.6 Å². The molecule has 0 saturated carbocycles. The number of halogens is 1. The SMILES string of the molecule is C=C1CN(Cc2cc(N)nc(Cl)c2)CC(C)O1. The third-order valence-electron chi connectivity index (χ3n) is 2.56. The Bertz CT molecular complexity index is 416. The van der Waals surface area contributed by atoms with Crippen LogP contribution < -0.4 is 5.73 Å². The summed E-state index contributed by atoms with van der Waals surface area (Å²) in [6.45, 7) is 8.29. The summed E-state index contributed by atoms with van der Waals surface area (Å²) in [5, 5.41) is 0.431. The van der Waals surface area contributed by atoms with Gasteiger partial charge in [0, 0.05) is 13.1 Å². The molecule has 1 atom stereocenters. The highest BCUT2D eigenvalue weighted by atomic mass is 35.5. The van der Waals surface area contributed by atoms with Gasteiger partial charge >= 0.3 is 0 Å². The number of nitrogen functional groups attached to an aromatic ring is 1. The number of nitrogens with zero attached hydrogens (tertiary/aromatic N) is 2. The van der Waals surface area contributed by atoms with E-state index >= 15 is 0 Å². The number of hydrogen-bond donors (Lipinski definition) is 1. The average molecular weight is 254 g/mol. The van der Waals surface area contributed by atoms with E-state index in [0.29, 0.717) is 11.0 Å². The van der Waals surface area contributed by atoms with Crippen LogP contribution in [0.5, 0.6) is 0 Å². The van der Waals surface area contributed by atoms with E-state index in [-0.39, 0.29) is 6.10 Å². The first-order valence-electron chi connectivity index (χ1n) is 5.51. The highest BCUT2D eigenvalue weighted by Gasteiger charge is 2.19. The molecule has 1 fully saturated rings. The number of morpholine rings is 1. The van der Waals surface area contributed by atoms with Gasteiger partial charge in [-0.1, -0.05) is 18.2 Å². The number of pyridine rings is 1. The van der Waals surface area contributed by atoms with Crippen LogP contribution in [0.15, 0.2) is 24.5 Å². The first-order valence-corrected chi connectivity index (χ1v) is 5.89. The van der Waals surface area contributed by atoms with Crippen molar-refractivity contribution in [2.24, 2.45) is 0 Å². The molecule has 0 amide bonds. The van der Waals surface area contributed by atoms with Crippen molar-refractivity contribution in [3.05, 3.63) is 35.2 Å².